The third-order valence-corrected chi connectivity index (χ3v) is 6.33. The molecule has 126 valence electrons. The van der Waals surface area contributed by atoms with E-state index in [2.05, 4.69) is 40.6 Å². The fourth-order valence-electron chi connectivity index (χ4n) is 3.42. The lowest BCUT2D eigenvalue weighted by molar-refractivity contribution is 0.0490. The third kappa shape index (κ3) is 4.63. The van der Waals surface area contributed by atoms with Crippen LogP contribution in [0, 0.1) is 12.3 Å². The van der Waals surface area contributed by atoms with Crippen LogP contribution in [0.2, 0.25) is 0 Å². The maximum Gasteiger partial charge on any atom is 0.0897 e. The van der Waals surface area contributed by atoms with Gasteiger partial charge in [-0.25, -0.2) is 4.98 Å². The maximum atomic E-state index is 5.86. The Kier molecular flexibility index (Phi) is 5.85. The first-order valence-electron chi connectivity index (χ1n) is 8.42. The summed E-state index contributed by atoms with van der Waals surface area (Å²) >= 11 is 3.62. The van der Waals surface area contributed by atoms with Gasteiger partial charge in [0.15, 0.2) is 0 Å². The highest BCUT2D eigenvalue weighted by molar-refractivity contribution is 7.11. The molecule has 2 aromatic heterocycles. The van der Waals surface area contributed by atoms with Gasteiger partial charge in [-0.15, -0.1) is 11.3 Å². The molecule has 0 aromatic carbocycles. The second-order valence-corrected chi connectivity index (χ2v) is 8.67. The number of hydrogen-bond acceptors (Lipinski definition) is 5. The predicted octanol–water partition coefficient (Wildman–Crippen LogP) is 4.37. The second-order valence-electron chi connectivity index (χ2n) is 6.57. The lowest BCUT2D eigenvalue weighted by Gasteiger charge is -2.29. The van der Waals surface area contributed by atoms with Crippen molar-refractivity contribution in [3.8, 4) is 0 Å². The molecule has 3 nitrogen and oxygen atoms in total. The predicted molar refractivity (Wildman–Crippen MR) is 98.3 cm³/mol. The standard InChI is InChI=1S/C18H26N2OS2/c1-3-21-14-18(6-4-16-5-9-22-12-16)7-8-20(13-18)11-17-10-19-15(2)23-17/h5,9-10,12H,3-4,6-8,11,13-14H2,1-2H3. The monoisotopic (exact) mass is 350 g/mol. The van der Waals surface area contributed by atoms with E-state index in [1.165, 1.54) is 36.2 Å². The molecule has 1 saturated heterocycles. The van der Waals surface area contributed by atoms with Crippen molar-refractivity contribution in [2.45, 2.75) is 39.7 Å². The van der Waals surface area contributed by atoms with Gasteiger partial charge >= 0.3 is 0 Å². The average Bonchev–Trinajstić information content (AvgIpc) is 3.26. The molecule has 3 heterocycles. The van der Waals surface area contributed by atoms with Gasteiger partial charge in [0.05, 0.1) is 11.6 Å². The highest BCUT2D eigenvalue weighted by Gasteiger charge is 2.38. The molecular formula is C18H26N2OS2. The Labute approximate surface area is 147 Å². The van der Waals surface area contributed by atoms with Crippen LogP contribution in [0.15, 0.2) is 23.0 Å². The van der Waals surface area contributed by atoms with Crippen LogP contribution in [0.25, 0.3) is 0 Å². The quantitative estimate of drug-likeness (QED) is 0.707. The summed E-state index contributed by atoms with van der Waals surface area (Å²) < 4.78 is 5.86. The Bertz CT molecular complexity index is 596. The number of aromatic nitrogens is 1. The van der Waals surface area contributed by atoms with Gasteiger partial charge in [0.2, 0.25) is 0 Å². The number of thiophene rings is 1. The van der Waals surface area contributed by atoms with Crippen LogP contribution in [0.5, 0.6) is 0 Å². The van der Waals surface area contributed by atoms with Gasteiger partial charge in [-0.05, 0) is 62.0 Å². The minimum absolute atomic E-state index is 0.317. The molecule has 2 aromatic rings. The van der Waals surface area contributed by atoms with Crippen molar-refractivity contribution in [1.29, 1.82) is 0 Å². The van der Waals surface area contributed by atoms with E-state index in [-0.39, 0.29) is 0 Å². The van der Waals surface area contributed by atoms with Gasteiger partial charge in [-0.1, -0.05) is 0 Å². The summed E-state index contributed by atoms with van der Waals surface area (Å²) in [6.45, 7) is 9.25. The van der Waals surface area contributed by atoms with Crippen molar-refractivity contribution >= 4 is 22.7 Å². The minimum atomic E-state index is 0.317. The molecule has 0 bridgehead atoms. The first kappa shape index (κ1) is 17.1. The summed E-state index contributed by atoms with van der Waals surface area (Å²) in [5.74, 6) is 0. The normalized spacial score (nSPS) is 22.0. The molecule has 3 rings (SSSR count). The molecule has 0 radical (unpaired) electrons. The van der Waals surface area contributed by atoms with Crippen LogP contribution in [-0.4, -0.2) is 36.2 Å². The van der Waals surface area contributed by atoms with Gasteiger partial charge in [-0.3, -0.25) is 4.90 Å². The van der Waals surface area contributed by atoms with E-state index in [1.807, 2.05) is 17.5 Å². The van der Waals surface area contributed by atoms with E-state index in [1.54, 1.807) is 11.3 Å². The second kappa shape index (κ2) is 7.88. The molecule has 0 amide bonds. The Morgan fingerprint density at radius 3 is 3.04 bits per heavy atom. The summed E-state index contributed by atoms with van der Waals surface area (Å²) in [5.41, 5.74) is 1.79. The van der Waals surface area contributed by atoms with Crippen LogP contribution in [-0.2, 0) is 17.7 Å². The first-order valence-corrected chi connectivity index (χ1v) is 10.2. The summed E-state index contributed by atoms with van der Waals surface area (Å²) in [6, 6.07) is 2.26. The van der Waals surface area contributed by atoms with Gasteiger partial charge in [0, 0.05) is 36.2 Å². The van der Waals surface area contributed by atoms with Crippen LogP contribution in [0.4, 0.5) is 0 Å². The lowest BCUT2D eigenvalue weighted by atomic mass is 9.82. The number of ether oxygens (including phenoxy) is 1. The fraction of sp³-hybridized carbons (Fsp3) is 0.611. The molecule has 0 N–H and O–H groups in total. The topological polar surface area (TPSA) is 25.4 Å². The zero-order valence-corrected chi connectivity index (χ0v) is 15.7. The van der Waals surface area contributed by atoms with Gasteiger partial charge in [-0.2, -0.15) is 11.3 Å². The molecular weight excluding hydrogens is 324 g/mol. The summed E-state index contributed by atoms with van der Waals surface area (Å²) in [6.07, 6.45) is 5.68. The van der Waals surface area contributed by atoms with Crippen molar-refractivity contribution in [1.82, 2.24) is 9.88 Å². The van der Waals surface area contributed by atoms with Crippen LogP contribution >= 0.6 is 22.7 Å². The largest absolute Gasteiger partial charge is 0.381 e. The van der Waals surface area contributed by atoms with Crippen LogP contribution in [0.1, 0.15) is 35.2 Å². The van der Waals surface area contributed by atoms with Crippen molar-refractivity contribution in [3.63, 3.8) is 0 Å². The van der Waals surface area contributed by atoms with Crippen LogP contribution < -0.4 is 0 Å². The highest BCUT2D eigenvalue weighted by atomic mass is 32.1. The van der Waals surface area contributed by atoms with E-state index in [0.29, 0.717) is 5.41 Å². The molecule has 1 unspecified atom stereocenters. The van der Waals surface area contributed by atoms with Crippen LogP contribution in [0.3, 0.4) is 0 Å². The van der Waals surface area contributed by atoms with E-state index >= 15 is 0 Å². The van der Waals surface area contributed by atoms with Crippen molar-refractivity contribution in [3.05, 3.63) is 38.5 Å². The van der Waals surface area contributed by atoms with E-state index < -0.39 is 0 Å². The summed E-state index contributed by atoms with van der Waals surface area (Å²) in [5, 5.41) is 5.62. The number of hydrogen-bond donors (Lipinski definition) is 0. The Morgan fingerprint density at radius 1 is 1.43 bits per heavy atom. The number of thiazole rings is 1. The zero-order chi connectivity index (χ0) is 16.1. The molecule has 0 spiro atoms. The van der Waals surface area contributed by atoms with Crippen molar-refractivity contribution in [2.24, 2.45) is 5.41 Å². The van der Waals surface area contributed by atoms with Gasteiger partial charge in [0.1, 0.15) is 0 Å². The Balaban J connectivity index is 1.60. The number of aryl methyl sites for hydroxylation is 2. The molecule has 1 atom stereocenters. The molecule has 1 fully saturated rings. The van der Waals surface area contributed by atoms with E-state index in [9.17, 15) is 0 Å². The van der Waals surface area contributed by atoms with Crippen molar-refractivity contribution in [2.75, 3.05) is 26.3 Å². The number of likely N-dealkylation sites (tertiary alicyclic amines) is 1. The van der Waals surface area contributed by atoms with E-state index in [0.717, 1.165) is 31.3 Å². The highest BCUT2D eigenvalue weighted by Crippen LogP contribution is 2.37. The molecule has 1 aliphatic rings. The minimum Gasteiger partial charge on any atom is -0.381 e. The summed E-state index contributed by atoms with van der Waals surface area (Å²) in [7, 11) is 0. The molecule has 23 heavy (non-hydrogen) atoms. The molecule has 1 aliphatic heterocycles. The lowest BCUT2D eigenvalue weighted by Crippen LogP contribution is -2.32. The van der Waals surface area contributed by atoms with E-state index in [4.69, 9.17) is 4.74 Å². The molecule has 0 aliphatic carbocycles. The summed E-state index contributed by atoms with van der Waals surface area (Å²) in [4.78, 5) is 8.35. The smallest absolute Gasteiger partial charge is 0.0897 e. The average molecular weight is 351 g/mol. The molecule has 0 saturated carbocycles. The fourth-order valence-corrected chi connectivity index (χ4v) is 4.96. The number of nitrogens with zero attached hydrogens (tertiary/aromatic N) is 2. The Morgan fingerprint density at radius 2 is 2.35 bits per heavy atom. The zero-order valence-electron chi connectivity index (χ0n) is 14.1. The number of rotatable bonds is 8. The van der Waals surface area contributed by atoms with Gasteiger partial charge in [0.25, 0.3) is 0 Å². The first-order chi connectivity index (χ1) is 11.2. The molecule has 5 heteroatoms. The van der Waals surface area contributed by atoms with Crippen molar-refractivity contribution < 1.29 is 4.74 Å². The SMILES string of the molecule is CCOCC1(CCc2ccsc2)CCN(Cc2cnc(C)s2)C1. The Hall–Kier alpha value is -0.750. The maximum absolute atomic E-state index is 5.86. The van der Waals surface area contributed by atoms with Gasteiger partial charge < -0.3 is 4.74 Å². The third-order valence-electron chi connectivity index (χ3n) is 4.70.